The van der Waals surface area contributed by atoms with Gasteiger partial charge in [0.05, 0.1) is 18.2 Å². The van der Waals surface area contributed by atoms with Crippen molar-refractivity contribution in [1.82, 2.24) is 20.3 Å². The topological polar surface area (TPSA) is 91.9 Å². The van der Waals surface area contributed by atoms with Gasteiger partial charge in [0.2, 0.25) is 5.91 Å². The Morgan fingerprint density at radius 3 is 2.93 bits per heavy atom. The predicted octanol–water partition coefficient (Wildman–Crippen LogP) is 3.99. The molecule has 0 saturated heterocycles. The van der Waals surface area contributed by atoms with Gasteiger partial charge < -0.3 is 20.4 Å². The maximum Gasteiger partial charge on any atom is 0.223 e. The van der Waals surface area contributed by atoms with Crippen molar-refractivity contribution in [1.29, 1.82) is 0 Å². The van der Waals surface area contributed by atoms with Crippen LogP contribution in [0.3, 0.4) is 0 Å². The first-order chi connectivity index (χ1) is 14.0. The highest BCUT2D eigenvalue weighted by molar-refractivity contribution is 6.31. The van der Waals surface area contributed by atoms with Crippen LogP contribution in [0.25, 0.3) is 11.0 Å². The minimum absolute atomic E-state index is 0.0577. The number of nitrogens with one attached hydrogen (secondary N) is 3. The quantitative estimate of drug-likeness (QED) is 0.588. The molecule has 3 aromatic rings. The standard InChI is InChI=1S/C21H24ClN5O2/c1-11(2)25-21(28)12-4-6-15-14(8-12)18-19(26-15)23-10-24-20(18)27-16-9-13(22)5-7-17(16)29-3/h5,7,9-12H,4,6,8H2,1-3H3,(H,25,28)(H2,23,24,26,27)/t12-/m0/s1. The summed E-state index contributed by atoms with van der Waals surface area (Å²) < 4.78 is 5.44. The summed E-state index contributed by atoms with van der Waals surface area (Å²) in [4.78, 5) is 24.8. The molecular formula is C21H24ClN5O2. The van der Waals surface area contributed by atoms with Crippen LogP contribution in [0.5, 0.6) is 5.75 Å². The minimum atomic E-state index is -0.0577. The molecule has 1 aromatic carbocycles. The van der Waals surface area contributed by atoms with Gasteiger partial charge in [-0.25, -0.2) is 9.97 Å². The largest absolute Gasteiger partial charge is 0.495 e. The van der Waals surface area contributed by atoms with Crippen LogP contribution in [-0.2, 0) is 17.6 Å². The van der Waals surface area contributed by atoms with Crippen LogP contribution in [0.2, 0.25) is 5.02 Å². The van der Waals surface area contributed by atoms with Gasteiger partial charge >= 0.3 is 0 Å². The second kappa shape index (κ2) is 7.91. The zero-order valence-corrected chi connectivity index (χ0v) is 17.4. The van der Waals surface area contributed by atoms with Crippen LogP contribution in [0.15, 0.2) is 24.5 Å². The van der Waals surface area contributed by atoms with Crippen LogP contribution in [0.4, 0.5) is 11.5 Å². The van der Waals surface area contributed by atoms with E-state index in [1.165, 1.54) is 6.33 Å². The van der Waals surface area contributed by atoms with Crippen molar-refractivity contribution in [2.45, 2.75) is 39.2 Å². The molecule has 7 nitrogen and oxygen atoms in total. The van der Waals surface area contributed by atoms with Crippen LogP contribution in [0, 0.1) is 5.92 Å². The highest BCUT2D eigenvalue weighted by atomic mass is 35.5. The number of benzene rings is 1. The van der Waals surface area contributed by atoms with Crippen molar-refractivity contribution in [2.24, 2.45) is 5.92 Å². The van der Waals surface area contributed by atoms with Gasteiger partial charge in [-0.05, 0) is 56.9 Å². The van der Waals surface area contributed by atoms with Crippen molar-refractivity contribution in [2.75, 3.05) is 12.4 Å². The second-order valence-electron chi connectivity index (χ2n) is 7.60. The monoisotopic (exact) mass is 413 g/mol. The number of H-pyrrole nitrogens is 1. The van der Waals surface area contributed by atoms with Gasteiger partial charge in [0.1, 0.15) is 23.5 Å². The minimum Gasteiger partial charge on any atom is -0.495 e. The SMILES string of the molecule is COc1ccc(Cl)cc1Nc1ncnc2[nH]c3c(c12)C[C@@H](C(=O)NC(C)C)CC3. The molecule has 0 spiro atoms. The molecule has 4 rings (SSSR count). The molecule has 0 radical (unpaired) electrons. The third-order valence-corrected chi connectivity index (χ3v) is 5.43. The number of amides is 1. The molecule has 2 heterocycles. The fourth-order valence-corrected chi connectivity index (χ4v) is 4.04. The van der Waals surface area contributed by atoms with Gasteiger partial charge in [0.15, 0.2) is 0 Å². The molecule has 0 aliphatic heterocycles. The zero-order chi connectivity index (χ0) is 20.5. The number of hydrogen-bond donors (Lipinski definition) is 3. The van der Waals surface area contributed by atoms with Gasteiger partial charge in [-0.15, -0.1) is 0 Å². The van der Waals surface area contributed by atoms with E-state index in [1.54, 1.807) is 19.2 Å². The van der Waals surface area contributed by atoms with Crippen molar-refractivity contribution >= 4 is 40.0 Å². The molecule has 0 fully saturated rings. The summed E-state index contributed by atoms with van der Waals surface area (Å²) >= 11 is 6.17. The summed E-state index contributed by atoms with van der Waals surface area (Å²) in [7, 11) is 1.61. The smallest absolute Gasteiger partial charge is 0.223 e. The molecule has 0 bridgehead atoms. The average Bonchev–Trinajstić information content (AvgIpc) is 3.06. The molecule has 0 unspecified atom stereocenters. The lowest BCUT2D eigenvalue weighted by molar-refractivity contribution is -0.125. The Morgan fingerprint density at radius 1 is 1.34 bits per heavy atom. The first kappa shape index (κ1) is 19.5. The first-order valence-corrected chi connectivity index (χ1v) is 10.1. The Morgan fingerprint density at radius 2 is 2.17 bits per heavy atom. The van der Waals surface area contributed by atoms with Gasteiger partial charge in [-0.3, -0.25) is 4.79 Å². The Kier molecular flexibility index (Phi) is 5.32. The van der Waals surface area contributed by atoms with E-state index in [0.717, 1.165) is 40.8 Å². The molecule has 3 N–H and O–H groups in total. The van der Waals surface area contributed by atoms with E-state index >= 15 is 0 Å². The molecule has 152 valence electrons. The molecule has 8 heteroatoms. The number of aromatic amines is 1. The molecule has 1 atom stereocenters. The third kappa shape index (κ3) is 3.87. The number of anilines is 2. The normalized spacial score (nSPS) is 16.0. The lowest BCUT2D eigenvalue weighted by Gasteiger charge is -2.23. The number of rotatable bonds is 5. The van der Waals surface area contributed by atoms with Crippen LogP contribution in [-0.4, -0.2) is 34.0 Å². The summed E-state index contributed by atoms with van der Waals surface area (Å²) in [6.45, 7) is 3.96. The van der Waals surface area contributed by atoms with E-state index < -0.39 is 0 Å². The van der Waals surface area contributed by atoms with E-state index in [1.807, 2.05) is 19.9 Å². The first-order valence-electron chi connectivity index (χ1n) is 9.71. The summed E-state index contributed by atoms with van der Waals surface area (Å²) in [5.74, 6) is 1.37. The number of carbonyl (C=O) groups excluding carboxylic acids is 1. The zero-order valence-electron chi connectivity index (χ0n) is 16.7. The molecular weight excluding hydrogens is 390 g/mol. The number of ether oxygens (including phenoxy) is 1. The molecule has 1 aliphatic rings. The van der Waals surface area contributed by atoms with Gasteiger partial charge in [-0.2, -0.15) is 0 Å². The fraction of sp³-hybridized carbons (Fsp3) is 0.381. The Hall–Kier alpha value is -2.80. The number of hydrogen-bond acceptors (Lipinski definition) is 5. The van der Waals surface area contributed by atoms with Crippen LogP contribution in [0.1, 0.15) is 31.5 Å². The van der Waals surface area contributed by atoms with Crippen molar-refractivity contribution in [3.05, 3.63) is 40.8 Å². The average molecular weight is 414 g/mol. The summed E-state index contributed by atoms with van der Waals surface area (Å²) in [5.41, 5.74) is 3.70. The fourth-order valence-electron chi connectivity index (χ4n) is 3.87. The highest BCUT2D eigenvalue weighted by Crippen LogP contribution is 2.37. The van der Waals surface area contributed by atoms with Crippen molar-refractivity contribution < 1.29 is 9.53 Å². The second-order valence-corrected chi connectivity index (χ2v) is 8.04. The van der Waals surface area contributed by atoms with E-state index in [-0.39, 0.29) is 17.9 Å². The number of aromatic nitrogens is 3. The van der Waals surface area contributed by atoms with E-state index in [2.05, 4.69) is 25.6 Å². The van der Waals surface area contributed by atoms with Crippen molar-refractivity contribution in [3.63, 3.8) is 0 Å². The Balaban J connectivity index is 1.72. The summed E-state index contributed by atoms with van der Waals surface area (Å²) in [5, 5.41) is 7.88. The number of nitrogens with zero attached hydrogens (tertiary/aromatic N) is 2. The number of methoxy groups -OCH3 is 1. The van der Waals surface area contributed by atoms with E-state index in [0.29, 0.717) is 23.0 Å². The predicted molar refractivity (Wildman–Crippen MR) is 114 cm³/mol. The number of aryl methyl sites for hydroxylation is 1. The maximum atomic E-state index is 12.6. The van der Waals surface area contributed by atoms with Crippen LogP contribution < -0.4 is 15.4 Å². The maximum absolute atomic E-state index is 12.6. The Bertz CT molecular complexity index is 1060. The Labute approximate surface area is 174 Å². The number of halogens is 1. The molecule has 29 heavy (non-hydrogen) atoms. The summed E-state index contributed by atoms with van der Waals surface area (Å²) in [6, 6.07) is 5.51. The molecule has 1 amide bonds. The number of carbonyl (C=O) groups is 1. The van der Waals surface area contributed by atoms with Crippen LogP contribution >= 0.6 is 11.6 Å². The highest BCUT2D eigenvalue weighted by Gasteiger charge is 2.29. The van der Waals surface area contributed by atoms with Gasteiger partial charge in [0.25, 0.3) is 0 Å². The van der Waals surface area contributed by atoms with Gasteiger partial charge in [0, 0.05) is 22.7 Å². The van der Waals surface area contributed by atoms with E-state index in [9.17, 15) is 4.79 Å². The number of fused-ring (bicyclic) bond motifs is 3. The summed E-state index contributed by atoms with van der Waals surface area (Å²) in [6.07, 6.45) is 3.80. The van der Waals surface area contributed by atoms with Crippen molar-refractivity contribution in [3.8, 4) is 5.75 Å². The lowest BCUT2D eigenvalue weighted by atomic mass is 9.86. The molecule has 2 aromatic heterocycles. The third-order valence-electron chi connectivity index (χ3n) is 5.19. The molecule has 1 aliphatic carbocycles. The van der Waals surface area contributed by atoms with E-state index in [4.69, 9.17) is 16.3 Å². The van der Waals surface area contributed by atoms with Gasteiger partial charge in [-0.1, -0.05) is 11.6 Å². The molecule has 0 saturated carbocycles. The lowest BCUT2D eigenvalue weighted by Crippen LogP contribution is -2.37.